The number of rotatable bonds is 5. The average molecular weight is 472 g/mol. The smallest absolute Gasteiger partial charge is 0.272 e. The molecule has 0 bridgehead atoms. The molecule has 2 aromatic heterocycles. The van der Waals surface area contributed by atoms with E-state index < -0.39 is 11.1 Å². The van der Waals surface area contributed by atoms with Crippen molar-refractivity contribution in [2.75, 3.05) is 7.11 Å². The lowest BCUT2D eigenvalue weighted by molar-refractivity contribution is 0.103. The van der Waals surface area contributed by atoms with Gasteiger partial charge in [-0.15, -0.1) is 0 Å². The molecule has 8 heteroatoms. The summed E-state index contributed by atoms with van der Waals surface area (Å²) < 4.78 is 13.6. The molecule has 0 saturated heterocycles. The van der Waals surface area contributed by atoms with Crippen molar-refractivity contribution in [2.45, 2.75) is 26.2 Å². The van der Waals surface area contributed by atoms with Crippen LogP contribution in [0.3, 0.4) is 0 Å². The third-order valence-electron chi connectivity index (χ3n) is 5.37. The fraction of sp³-hybridized carbons (Fsp3) is 0.185. The van der Waals surface area contributed by atoms with Gasteiger partial charge >= 0.3 is 0 Å². The van der Waals surface area contributed by atoms with E-state index in [1.165, 1.54) is 12.4 Å². The van der Waals surface area contributed by atoms with Crippen LogP contribution >= 0.6 is 0 Å². The molecule has 4 aromatic rings. The van der Waals surface area contributed by atoms with Gasteiger partial charge in [0.25, 0.3) is 11.1 Å². The number of carbonyl (C=O) groups excluding carboxylic acids is 1. The molecule has 2 aromatic carbocycles. The molecule has 0 aliphatic heterocycles. The summed E-state index contributed by atoms with van der Waals surface area (Å²) in [7, 11) is 1.55. The lowest BCUT2D eigenvalue weighted by Gasteiger charge is -2.16. The van der Waals surface area contributed by atoms with Crippen LogP contribution in [0, 0.1) is 0 Å². The van der Waals surface area contributed by atoms with E-state index in [4.69, 9.17) is 6.11 Å². The Labute approximate surface area is 202 Å². The van der Waals surface area contributed by atoms with Gasteiger partial charge in [0.05, 0.1) is 26.2 Å². The van der Waals surface area contributed by atoms with Gasteiger partial charge in [0.15, 0.2) is 5.78 Å². The molecule has 0 atom stereocenters. The monoisotopic (exact) mass is 471 g/mol. The number of hydrogen-bond donors (Lipinski definition) is 3. The van der Waals surface area contributed by atoms with Crippen LogP contribution in [0.5, 0.6) is 5.75 Å². The SMILES string of the molecule is [2H]C(c1[nH]cnc1C(C)(C)C)=c1[nH]c(=O)c(=Cc2cccc(C(=O)c3ccc(OC)cc3)c2)[nH]c1=O. The molecule has 0 amide bonds. The van der Waals surface area contributed by atoms with E-state index in [1.807, 2.05) is 20.8 Å². The van der Waals surface area contributed by atoms with Gasteiger partial charge in [0.2, 0.25) is 0 Å². The Morgan fingerprint density at radius 3 is 2.37 bits per heavy atom. The zero-order chi connectivity index (χ0) is 26.0. The fourth-order valence-electron chi connectivity index (χ4n) is 3.60. The second kappa shape index (κ2) is 9.42. The summed E-state index contributed by atoms with van der Waals surface area (Å²) >= 11 is 0. The van der Waals surface area contributed by atoms with Gasteiger partial charge in [-0.2, -0.15) is 0 Å². The molecule has 4 rings (SSSR count). The van der Waals surface area contributed by atoms with E-state index in [0.29, 0.717) is 33.8 Å². The van der Waals surface area contributed by atoms with Crippen molar-refractivity contribution in [1.29, 1.82) is 0 Å². The first-order chi connectivity index (χ1) is 17.1. The Hall–Kier alpha value is -4.46. The van der Waals surface area contributed by atoms with Gasteiger partial charge < -0.3 is 19.7 Å². The van der Waals surface area contributed by atoms with Crippen molar-refractivity contribution in [1.82, 2.24) is 19.9 Å². The molecule has 0 unspecified atom stereocenters. The van der Waals surface area contributed by atoms with Crippen LogP contribution in [-0.4, -0.2) is 32.8 Å². The van der Waals surface area contributed by atoms with Crippen LogP contribution in [-0.2, 0) is 5.41 Å². The number of ether oxygens (including phenoxy) is 1. The minimum absolute atomic E-state index is 0.00579. The van der Waals surface area contributed by atoms with E-state index in [1.54, 1.807) is 55.6 Å². The summed E-state index contributed by atoms with van der Waals surface area (Å²) in [6.45, 7) is 5.83. The summed E-state index contributed by atoms with van der Waals surface area (Å²) in [6, 6.07) is 13.4. The number of nitrogens with zero attached hydrogens (tertiary/aromatic N) is 1. The first-order valence-corrected chi connectivity index (χ1v) is 11.0. The van der Waals surface area contributed by atoms with Crippen molar-refractivity contribution >= 4 is 17.9 Å². The third-order valence-corrected chi connectivity index (χ3v) is 5.37. The quantitative estimate of drug-likeness (QED) is 0.385. The topological polar surface area (TPSA) is 121 Å². The molecule has 8 nitrogen and oxygen atoms in total. The highest BCUT2D eigenvalue weighted by Gasteiger charge is 2.19. The summed E-state index contributed by atoms with van der Waals surface area (Å²) in [5.74, 6) is 0.462. The van der Waals surface area contributed by atoms with Crippen LogP contribution < -0.4 is 26.6 Å². The van der Waals surface area contributed by atoms with E-state index in [-0.39, 0.29) is 27.9 Å². The maximum Gasteiger partial charge on any atom is 0.272 e. The molecule has 0 aliphatic rings. The number of benzene rings is 2. The summed E-state index contributed by atoms with van der Waals surface area (Å²) in [4.78, 5) is 50.7. The maximum atomic E-state index is 12.9. The standard InChI is InChI=1S/C27H26N4O4/c1-27(2,3)24-20(28-15-29-24)14-22-26(34)30-21(25(33)31-22)13-16-6-5-7-18(12-16)23(32)17-8-10-19(35-4)11-9-17/h5-15H,1-4H3,(H,28,29)(H,30,34)(H,31,33)/i14D. The number of hydrogen-bond acceptors (Lipinski definition) is 5. The van der Waals surface area contributed by atoms with Crippen LogP contribution in [0.2, 0.25) is 0 Å². The van der Waals surface area contributed by atoms with Gasteiger partial charge in [0, 0.05) is 16.5 Å². The molecular formula is C27H26N4O4. The maximum absolute atomic E-state index is 12.9. The fourth-order valence-corrected chi connectivity index (χ4v) is 3.60. The van der Waals surface area contributed by atoms with E-state index in [2.05, 4.69) is 19.9 Å². The molecule has 0 radical (unpaired) electrons. The number of aromatic nitrogens is 4. The Balaban J connectivity index is 1.74. The average Bonchev–Trinajstić information content (AvgIpc) is 3.36. The second-order valence-electron chi connectivity index (χ2n) is 9.03. The van der Waals surface area contributed by atoms with Crippen LogP contribution in [0.25, 0.3) is 12.1 Å². The summed E-state index contributed by atoms with van der Waals surface area (Å²) in [5.41, 5.74) is 0.907. The van der Waals surface area contributed by atoms with Crippen molar-refractivity contribution in [3.05, 3.63) is 114 Å². The number of imidazole rings is 1. The Morgan fingerprint density at radius 1 is 1.00 bits per heavy atom. The lowest BCUT2D eigenvalue weighted by Crippen LogP contribution is -2.46. The molecule has 0 fully saturated rings. The normalized spacial score (nSPS) is 13.4. The molecule has 2 heterocycles. The predicted octanol–water partition coefficient (Wildman–Crippen LogP) is 1.98. The van der Waals surface area contributed by atoms with E-state index >= 15 is 0 Å². The number of H-pyrrole nitrogens is 3. The predicted molar refractivity (Wildman–Crippen MR) is 134 cm³/mol. The third kappa shape index (κ3) is 5.22. The van der Waals surface area contributed by atoms with Crippen molar-refractivity contribution in [3.8, 4) is 5.75 Å². The van der Waals surface area contributed by atoms with Gasteiger partial charge in [-0.25, -0.2) is 4.98 Å². The zero-order valence-corrected chi connectivity index (χ0v) is 19.9. The highest BCUT2D eigenvalue weighted by atomic mass is 16.5. The molecule has 0 spiro atoms. The lowest BCUT2D eigenvalue weighted by atomic mass is 9.90. The van der Waals surface area contributed by atoms with E-state index in [0.717, 1.165) is 0 Å². The number of methoxy groups -OCH3 is 1. The highest BCUT2D eigenvalue weighted by molar-refractivity contribution is 6.09. The number of nitrogens with one attached hydrogen (secondary N) is 3. The zero-order valence-electron chi connectivity index (χ0n) is 20.9. The number of aromatic amines is 3. The first kappa shape index (κ1) is 22.3. The largest absolute Gasteiger partial charge is 0.497 e. The van der Waals surface area contributed by atoms with Crippen molar-refractivity contribution in [3.63, 3.8) is 0 Å². The molecule has 0 saturated carbocycles. The molecule has 3 N–H and O–H groups in total. The number of ketones is 1. The first-order valence-electron chi connectivity index (χ1n) is 11.5. The Bertz CT molecular complexity index is 1670. The minimum atomic E-state index is -0.620. The van der Waals surface area contributed by atoms with Crippen molar-refractivity contribution in [2.24, 2.45) is 0 Å². The van der Waals surface area contributed by atoms with Gasteiger partial charge in [0.1, 0.15) is 16.4 Å². The molecular weight excluding hydrogens is 444 g/mol. The molecule has 35 heavy (non-hydrogen) atoms. The van der Waals surface area contributed by atoms with Crippen LogP contribution in [0.4, 0.5) is 0 Å². The van der Waals surface area contributed by atoms with Crippen LogP contribution in [0.15, 0.2) is 64.4 Å². The van der Waals surface area contributed by atoms with E-state index in [9.17, 15) is 14.4 Å². The van der Waals surface area contributed by atoms with Crippen LogP contribution in [0.1, 0.15) is 55.0 Å². The van der Waals surface area contributed by atoms with Gasteiger partial charge in [-0.3, -0.25) is 14.4 Å². The summed E-state index contributed by atoms with van der Waals surface area (Å²) in [6.07, 6.45) is 2.94. The summed E-state index contributed by atoms with van der Waals surface area (Å²) in [5, 5.41) is -0.165. The Kier molecular flexibility index (Phi) is 6.01. The molecule has 178 valence electrons. The number of carbonyl (C=O) groups is 1. The molecule has 0 aliphatic carbocycles. The van der Waals surface area contributed by atoms with Crippen molar-refractivity contribution < 1.29 is 10.9 Å². The van der Waals surface area contributed by atoms with Gasteiger partial charge in [-0.1, -0.05) is 39.0 Å². The Morgan fingerprint density at radius 2 is 1.69 bits per heavy atom. The minimum Gasteiger partial charge on any atom is -0.497 e. The van der Waals surface area contributed by atoms with Gasteiger partial charge in [-0.05, 0) is 48.0 Å². The second-order valence-corrected chi connectivity index (χ2v) is 9.03. The highest BCUT2D eigenvalue weighted by Crippen LogP contribution is 2.22.